The molecule has 4 nitrogen and oxygen atoms in total. The van der Waals surface area contributed by atoms with E-state index in [-0.39, 0.29) is 5.91 Å². The van der Waals surface area contributed by atoms with Crippen LogP contribution in [0.5, 0.6) is 0 Å². The molecule has 1 saturated heterocycles. The molecule has 0 aromatic carbocycles. The Bertz CT molecular complexity index is 286. The van der Waals surface area contributed by atoms with Crippen LogP contribution in [0.4, 0.5) is 0 Å². The molecule has 18 heavy (non-hydrogen) atoms. The monoisotopic (exact) mass is 254 g/mol. The smallest absolute Gasteiger partial charge is 0.222 e. The van der Waals surface area contributed by atoms with Gasteiger partial charge in [-0.15, -0.1) is 0 Å². The lowest BCUT2D eigenvalue weighted by Gasteiger charge is -2.22. The molecule has 2 fully saturated rings. The summed E-state index contributed by atoms with van der Waals surface area (Å²) in [4.78, 5) is 11.6. The molecule has 104 valence electrons. The van der Waals surface area contributed by atoms with Gasteiger partial charge >= 0.3 is 0 Å². The van der Waals surface area contributed by atoms with Crippen molar-refractivity contribution < 1.29 is 9.53 Å². The Balaban J connectivity index is 1.49. The number of carbonyl (C=O) groups excluding carboxylic acids is 1. The van der Waals surface area contributed by atoms with Crippen molar-refractivity contribution in [3.05, 3.63) is 0 Å². The van der Waals surface area contributed by atoms with E-state index in [2.05, 4.69) is 24.5 Å². The predicted molar refractivity (Wildman–Crippen MR) is 71.4 cm³/mol. The molecular weight excluding hydrogens is 228 g/mol. The zero-order valence-electron chi connectivity index (χ0n) is 11.6. The van der Waals surface area contributed by atoms with Crippen molar-refractivity contribution in [3.8, 4) is 0 Å². The van der Waals surface area contributed by atoms with Crippen molar-refractivity contribution >= 4 is 5.91 Å². The van der Waals surface area contributed by atoms with E-state index in [1.54, 1.807) is 0 Å². The number of ether oxygens (including phenoxy) is 1. The van der Waals surface area contributed by atoms with Crippen LogP contribution in [0.2, 0.25) is 0 Å². The molecule has 2 aliphatic rings. The first-order valence-electron chi connectivity index (χ1n) is 7.17. The zero-order chi connectivity index (χ0) is 13.0. The molecule has 0 radical (unpaired) electrons. The number of carbonyl (C=O) groups is 1. The van der Waals surface area contributed by atoms with Crippen LogP contribution in [0.3, 0.4) is 0 Å². The summed E-state index contributed by atoms with van der Waals surface area (Å²) in [7, 11) is 0. The van der Waals surface area contributed by atoms with Crippen LogP contribution in [-0.2, 0) is 9.53 Å². The van der Waals surface area contributed by atoms with Gasteiger partial charge in [0.05, 0.1) is 12.7 Å². The van der Waals surface area contributed by atoms with E-state index in [9.17, 15) is 4.79 Å². The third-order valence-corrected chi connectivity index (χ3v) is 4.23. The molecule has 2 N–H and O–H groups in total. The topological polar surface area (TPSA) is 50.4 Å². The first-order valence-corrected chi connectivity index (χ1v) is 7.17. The number of hydrogen-bond donors (Lipinski definition) is 2. The quantitative estimate of drug-likeness (QED) is 0.751. The first kappa shape index (κ1) is 13.8. The molecule has 0 bridgehead atoms. The lowest BCUT2D eigenvalue weighted by molar-refractivity contribution is -0.122. The van der Waals surface area contributed by atoms with Crippen molar-refractivity contribution in [2.24, 2.45) is 11.3 Å². The van der Waals surface area contributed by atoms with E-state index in [0.717, 1.165) is 32.5 Å². The minimum atomic E-state index is 0.131. The lowest BCUT2D eigenvalue weighted by Crippen LogP contribution is -2.33. The molecule has 1 atom stereocenters. The first-order chi connectivity index (χ1) is 8.58. The maximum absolute atomic E-state index is 11.6. The predicted octanol–water partition coefficient (Wildman–Crippen LogP) is 1.31. The molecule has 1 saturated carbocycles. The third-order valence-electron chi connectivity index (χ3n) is 4.23. The minimum absolute atomic E-state index is 0.131. The summed E-state index contributed by atoms with van der Waals surface area (Å²) >= 11 is 0. The number of rotatable bonds is 6. The van der Waals surface area contributed by atoms with Gasteiger partial charge in [-0.1, -0.05) is 13.8 Å². The van der Waals surface area contributed by atoms with Gasteiger partial charge in [0.25, 0.3) is 0 Å². The van der Waals surface area contributed by atoms with Crippen molar-refractivity contribution in [2.45, 2.75) is 45.6 Å². The molecular formula is C14H26N2O2. The van der Waals surface area contributed by atoms with Gasteiger partial charge < -0.3 is 15.4 Å². The third kappa shape index (κ3) is 4.25. The van der Waals surface area contributed by atoms with Crippen molar-refractivity contribution in [3.63, 3.8) is 0 Å². The van der Waals surface area contributed by atoms with Gasteiger partial charge in [-0.2, -0.15) is 0 Å². The summed E-state index contributed by atoms with van der Waals surface area (Å²) in [5.41, 5.74) is 0.443. The summed E-state index contributed by atoms with van der Waals surface area (Å²) in [6, 6.07) is 0. The van der Waals surface area contributed by atoms with Crippen LogP contribution in [0.15, 0.2) is 0 Å². The minimum Gasteiger partial charge on any atom is -0.378 e. The molecule has 1 heterocycles. The highest BCUT2D eigenvalue weighted by atomic mass is 16.5. The second kappa shape index (κ2) is 6.02. The lowest BCUT2D eigenvalue weighted by atomic mass is 10.1. The van der Waals surface area contributed by atoms with Crippen molar-refractivity contribution in [2.75, 3.05) is 26.2 Å². The van der Waals surface area contributed by atoms with Gasteiger partial charge in [-0.3, -0.25) is 4.79 Å². The average molecular weight is 254 g/mol. The van der Waals surface area contributed by atoms with Gasteiger partial charge in [0.2, 0.25) is 5.91 Å². The maximum atomic E-state index is 11.6. The number of amides is 1. The fraction of sp³-hybridized carbons (Fsp3) is 0.929. The Hall–Kier alpha value is -0.610. The highest BCUT2D eigenvalue weighted by Gasteiger charge is 2.45. The molecule has 1 unspecified atom stereocenters. The number of nitrogens with one attached hydrogen (secondary N) is 2. The van der Waals surface area contributed by atoms with E-state index in [1.165, 1.54) is 6.42 Å². The number of hydrogen-bond acceptors (Lipinski definition) is 3. The van der Waals surface area contributed by atoms with E-state index >= 15 is 0 Å². The van der Waals surface area contributed by atoms with E-state index in [0.29, 0.717) is 30.5 Å². The molecule has 1 aliphatic heterocycles. The standard InChI is InChI=1S/C14H26N2O2/c1-14(2)9-11(14)10-16-13(17)5-8-18-12-3-6-15-7-4-12/h11-12,15H,3-10H2,1-2H3,(H,16,17). The maximum Gasteiger partial charge on any atom is 0.222 e. The fourth-order valence-electron chi connectivity index (χ4n) is 2.53. The van der Waals surface area contributed by atoms with Gasteiger partial charge in [0.1, 0.15) is 0 Å². The second-order valence-electron chi connectivity index (χ2n) is 6.26. The largest absolute Gasteiger partial charge is 0.378 e. The Morgan fingerprint density at radius 1 is 1.39 bits per heavy atom. The number of piperidine rings is 1. The average Bonchev–Trinajstić information content (AvgIpc) is 2.96. The summed E-state index contributed by atoms with van der Waals surface area (Å²) < 4.78 is 5.72. The van der Waals surface area contributed by atoms with E-state index < -0.39 is 0 Å². The van der Waals surface area contributed by atoms with Crippen molar-refractivity contribution in [1.29, 1.82) is 0 Å². The van der Waals surface area contributed by atoms with Gasteiger partial charge in [0.15, 0.2) is 0 Å². The van der Waals surface area contributed by atoms with E-state index in [1.807, 2.05) is 0 Å². The highest BCUT2D eigenvalue weighted by Crippen LogP contribution is 2.50. The Morgan fingerprint density at radius 3 is 2.67 bits per heavy atom. The summed E-state index contributed by atoms with van der Waals surface area (Å²) in [5.74, 6) is 0.804. The second-order valence-corrected chi connectivity index (χ2v) is 6.26. The van der Waals surface area contributed by atoms with Crippen LogP contribution in [0, 0.1) is 11.3 Å². The SMILES string of the molecule is CC1(C)CC1CNC(=O)CCOC1CCNCC1. The Labute approximate surface area is 110 Å². The molecule has 0 aromatic heterocycles. The van der Waals surface area contributed by atoms with Crippen LogP contribution in [-0.4, -0.2) is 38.3 Å². The van der Waals surface area contributed by atoms with Crippen LogP contribution >= 0.6 is 0 Å². The summed E-state index contributed by atoms with van der Waals surface area (Å²) in [6.45, 7) is 7.97. The fourth-order valence-corrected chi connectivity index (χ4v) is 2.53. The summed E-state index contributed by atoms with van der Waals surface area (Å²) in [6.07, 6.45) is 4.22. The Morgan fingerprint density at radius 2 is 2.06 bits per heavy atom. The van der Waals surface area contributed by atoms with Gasteiger partial charge in [-0.25, -0.2) is 0 Å². The molecule has 1 amide bonds. The molecule has 2 rings (SSSR count). The van der Waals surface area contributed by atoms with Gasteiger partial charge in [-0.05, 0) is 43.7 Å². The molecule has 4 heteroatoms. The van der Waals surface area contributed by atoms with Gasteiger partial charge in [0, 0.05) is 13.0 Å². The van der Waals surface area contributed by atoms with Crippen LogP contribution in [0.25, 0.3) is 0 Å². The molecule has 1 aliphatic carbocycles. The normalized spacial score (nSPS) is 26.9. The summed E-state index contributed by atoms with van der Waals surface area (Å²) in [5, 5.41) is 6.31. The van der Waals surface area contributed by atoms with Crippen LogP contribution < -0.4 is 10.6 Å². The van der Waals surface area contributed by atoms with Crippen molar-refractivity contribution in [1.82, 2.24) is 10.6 Å². The van der Waals surface area contributed by atoms with Crippen LogP contribution in [0.1, 0.15) is 39.5 Å². The van der Waals surface area contributed by atoms with E-state index in [4.69, 9.17) is 4.74 Å². The Kier molecular flexibility index (Phi) is 4.62. The zero-order valence-corrected chi connectivity index (χ0v) is 11.6. The highest BCUT2D eigenvalue weighted by molar-refractivity contribution is 5.75. The molecule has 0 spiro atoms. The molecule has 0 aromatic rings.